The first-order chi connectivity index (χ1) is 10.1. The molecule has 4 nitrogen and oxygen atoms in total. The highest BCUT2D eigenvalue weighted by atomic mass is 16.5. The Kier molecular flexibility index (Phi) is 6.03. The smallest absolute Gasteiger partial charge is 0.119 e. The molecule has 21 heavy (non-hydrogen) atoms. The summed E-state index contributed by atoms with van der Waals surface area (Å²) in [6.45, 7) is 7.34. The molecule has 2 unspecified atom stereocenters. The van der Waals surface area contributed by atoms with Crippen molar-refractivity contribution in [3.05, 3.63) is 29.8 Å². The Bertz CT molecular complexity index is 437. The maximum absolute atomic E-state index is 6.00. The molecule has 0 aliphatic carbocycles. The average Bonchev–Trinajstić information content (AvgIpc) is 2.53. The standard InChI is InChI=1S/C17H28N2O2/c1-13(2)19-8-9-21-17(12-19)16(18-3)11-14-6-5-7-15(10-14)20-4/h5-7,10,13,16-18H,8-9,11-12H2,1-4H3. The van der Waals surface area contributed by atoms with Crippen LogP contribution >= 0.6 is 0 Å². The quantitative estimate of drug-likeness (QED) is 0.869. The van der Waals surface area contributed by atoms with Crippen LogP contribution in [0.25, 0.3) is 0 Å². The topological polar surface area (TPSA) is 33.7 Å². The number of ether oxygens (including phenoxy) is 2. The minimum atomic E-state index is 0.234. The molecule has 1 heterocycles. The molecule has 1 aliphatic heterocycles. The lowest BCUT2D eigenvalue weighted by atomic mass is 9.99. The molecule has 1 aromatic carbocycles. The van der Waals surface area contributed by atoms with Crippen molar-refractivity contribution in [1.82, 2.24) is 10.2 Å². The van der Waals surface area contributed by atoms with Gasteiger partial charge in [-0.05, 0) is 45.0 Å². The lowest BCUT2D eigenvalue weighted by Crippen LogP contribution is -2.53. The van der Waals surface area contributed by atoms with Gasteiger partial charge in [-0.25, -0.2) is 0 Å². The summed E-state index contributed by atoms with van der Waals surface area (Å²) < 4.78 is 11.3. The van der Waals surface area contributed by atoms with E-state index in [9.17, 15) is 0 Å². The van der Waals surface area contributed by atoms with E-state index in [1.54, 1.807) is 7.11 Å². The summed E-state index contributed by atoms with van der Waals surface area (Å²) in [6, 6.07) is 9.17. The molecule has 1 aliphatic rings. The Morgan fingerprint density at radius 1 is 1.43 bits per heavy atom. The van der Waals surface area contributed by atoms with Crippen molar-refractivity contribution in [3.8, 4) is 5.75 Å². The fourth-order valence-corrected chi connectivity index (χ4v) is 2.88. The van der Waals surface area contributed by atoms with Crippen LogP contribution in [-0.2, 0) is 11.2 Å². The molecule has 2 rings (SSSR count). The van der Waals surface area contributed by atoms with Crippen LogP contribution in [0.15, 0.2) is 24.3 Å². The van der Waals surface area contributed by atoms with Gasteiger partial charge in [0.2, 0.25) is 0 Å². The highest BCUT2D eigenvalue weighted by Crippen LogP contribution is 2.18. The van der Waals surface area contributed by atoms with E-state index < -0.39 is 0 Å². The van der Waals surface area contributed by atoms with E-state index in [1.807, 2.05) is 19.2 Å². The molecule has 1 saturated heterocycles. The van der Waals surface area contributed by atoms with Crippen molar-refractivity contribution in [3.63, 3.8) is 0 Å². The summed E-state index contributed by atoms with van der Waals surface area (Å²) in [5.74, 6) is 0.913. The second-order valence-electron chi connectivity index (χ2n) is 5.95. The van der Waals surface area contributed by atoms with Crippen molar-refractivity contribution in [2.45, 2.75) is 38.5 Å². The van der Waals surface area contributed by atoms with Gasteiger partial charge in [0.05, 0.1) is 19.8 Å². The van der Waals surface area contributed by atoms with Gasteiger partial charge in [-0.15, -0.1) is 0 Å². The Balaban J connectivity index is 2.01. The SMILES string of the molecule is CNC(Cc1cccc(OC)c1)C1CN(C(C)C)CCO1. The zero-order valence-electron chi connectivity index (χ0n) is 13.6. The lowest BCUT2D eigenvalue weighted by Gasteiger charge is -2.39. The van der Waals surface area contributed by atoms with Gasteiger partial charge in [-0.2, -0.15) is 0 Å². The largest absolute Gasteiger partial charge is 0.497 e. The molecule has 0 aromatic heterocycles. The van der Waals surface area contributed by atoms with Crippen LogP contribution in [0, 0.1) is 0 Å². The molecule has 0 amide bonds. The third-order valence-electron chi connectivity index (χ3n) is 4.26. The van der Waals surface area contributed by atoms with E-state index in [1.165, 1.54) is 5.56 Å². The van der Waals surface area contributed by atoms with Crippen molar-refractivity contribution >= 4 is 0 Å². The van der Waals surface area contributed by atoms with Gasteiger partial charge < -0.3 is 14.8 Å². The summed E-state index contributed by atoms with van der Waals surface area (Å²) >= 11 is 0. The predicted octanol–water partition coefficient (Wildman–Crippen LogP) is 1.93. The first-order valence-electron chi connectivity index (χ1n) is 7.80. The van der Waals surface area contributed by atoms with Gasteiger partial charge >= 0.3 is 0 Å². The first kappa shape index (κ1) is 16.3. The average molecular weight is 292 g/mol. The van der Waals surface area contributed by atoms with Gasteiger partial charge in [-0.3, -0.25) is 4.90 Å². The molecule has 0 saturated carbocycles. The number of hydrogen-bond donors (Lipinski definition) is 1. The van der Waals surface area contributed by atoms with E-state index in [4.69, 9.17) is 9.47 Å². The molecule has 1 N–H and O–H groups in total. The van der Waals surface area contributed by atoms with Gasteiger partial charge in [0.15, 0.2) is 0 Å². The first-order valence-corrected chi connectivity index (χ1v) is 7.80. The summed E-state index contributed by atoms with van der Waals surface area (Å²) in [5.41, 5.74) is 1.28. The summed E-state index contributed by atoms with van der Waals surface area (Å²) in [6.07, 6.45) is 1.18. The number of likely N-dealkylation sites (N-methyl/N-ethyl adjacent to an activating group) is 1. The fourth-order valence-electron chi connectivity index (χ4n) is 2.88. The summed E-state index contributed by atoms with van der Waals surface area (Å²) in [7, 11) is 3.72. The van der Waals surface area contributed by atoms with Crippen molar-refractivity contribution in [1.29, 1.82) is 0 Å². The van der Waals surface area contributed by atoms with E-state index in [0.717, 1.165) is 31.9 Å². The number of morpholine rings is 1. The zero-order valence-corrected chi connectivity index (χ0v) is 13.6. The van der Waals surface area contributed by atoms with Crippen molar-refractivity contribution in [2.24, 2.45) is 0 Å². The van der Waals surface area contributed by atoms with Crippen molar-refractivity contribution < 1.29 is 9.47 Å². The van der Waals surface area contributed by atoms with Gasteiger partial charge in [0.1, 0.15) is 5.75 Å². The maximum atomic E-state index is 6.00. The Morgan fingerprint density at radius 2 is 2.24 bits per heavy atom. The summed E-state index contributed by atoms with van der Waals surface area (Å²) in [5, 5.41) is 3.42. The predicted molar refractivity (Wildman–Crippen MR) is 86.0 cm³/mol. The number of benzene rings is 1. The molecular weight excluding hydrogens is 264 g/mol. The van der Waals surface area contributed by atoms with E-state index in [-0.39, 0.29) is 6.10 Å². The Morgan fingerprint density at radius 3 is 2.90 bits per heavy atom. The van der Waals surface area contributed by atoms with Crippen LogP contribution in [0.5, 0.6) is 5.75 Å². The van der Waals surface area contributed by atoms with Gasteiger partial charge in [-0.1, -0.05) is 12.1 Å². The van der Waals surface area contributed by atoms with Gasteiger partial charge in [0, 0.05) is 25.2 Å². The van der Waals surface area contributed by atoms with Gasteiger partial charge in [0.25, 0.3) is 0 Å². The van der Waals surface area contributed by atoms with Crippen LogP contribution in [0.1, 0.15) is 19.4 Å². The molecule has 4 heteroatoms. The molecule has 2 atom stereocenters. The molecule has 1 fully saturated rings. The molecule has 0 spiro atoms. The molecular formula is C17H28N2O2. The third kappa shape index (κ3) is 4.43. The van der Waals surface area contributed by atoms with Crippen LogP contribution in [-0.4, -0.2) is 56.9 Å². The zero-order chi connectivity index (χ0) is 15.2. The molecule has 0 bridgehead atoms. The minimum absolute atomic E-state index is 0.234. The van der Waals surface area contributed by atoms with Crippen molar-refractivity contribution in [2.75, 3.05) is 33.9 Å². The van der Waals surface area contributed by atoms with E-state index in [0.29, 0.717) is 12.1 Å². The number of hydrogen-bond acceptors (Lipinski definition) is 4. The van der Waals surface area contributed by atoms with Crippen LogP contribution in [0.3, 0.4) is 0 Å². The maximum Gasteiger partial charge on any atom is 0.119 e. The second-order valence-corrected chi connectivity index (χ2v) is 5.95. The van der Waals surface area contributed by atoms with Crippen LogP contribution < -0.4 is 10.1 Å². The lowest BCUT2D eigenvalue weighted by molar-refractivity contribution is -0.0541. The van der Waals surface area contributed by atoms with E-state index >= 15 is 0 Å². The van der Waals surface area contributed by atoms with E-state index in [2.05, 4.69) is 36.2 Å². The Hall–Kier alpha value is -1.10. The number of nitrogens with zero attached hydrogens (tertiary/aromatic N) is 1. The fraction of sp³-hybridized carbons (Fsp3) is 0.647. The minimum Gasteiger partial charge on any atom is -0.497 e. The Labute approximate surface area is 128 Å². The number of nitrogens with one attached hydrogen (secondary N) is 1. The highest BCUT2D eigenvalue weighted by molar-refractivity contribution is 5.29. The third-order valence-corrected chi connectivity index (χ3v) is 4.26. The summed E-state index contributed by atoms with van der Waals surface area (Å²) in [4.78, 5) is 2.49. The highest BCUT2D eigenvalue weighted by Gasteiger charge is 2.28. The van der Waals surface area contributed by atoms with Crippen LogP contribution in [0.4, 0.5) is 0 Å². The number of methoxy groups -OCH3 is 1. The second kappa shape index (κ2) is 7.78. The molecule has 118 valence electrons. The number of rotatable bonds is 6. The van der Waals surface area contributed by atoms with Crippen LogP contribution in [0.2, 0.25) is 0 Å². The molecule has 1 aromatic rings. The molecule has 0 radical (unpaired) electrons. The normalized spacial score (nSPS) is 21.5. The monoisotopic (exact) mass is 292 g/mol.